The number of benzene rings is 1. The lowest BCUT2D eigenvalue weighted by molar-refractivity contribution is -0.320. The Labute approximate surface area is 230 Å². The number of hydrogen-bond acceptors (Lipinski definition) is 7. The second-order valence-electron chi connectivity index (χ2n) is 13.5. The number of carbonyl (C=O) groups excluding carboxylic acids is 1. The molecule has 10 atom stereocenters. The maximum Gasteiger partial charge on any atom is 0.241 e. The van der Waals surface area contributed by atoms with Crippen molar-refractivity contribution in [1.82, 2.24) is 10.0 Å². The smallest absolute Gasteiger partial charge is 0.241 e. The van der Waals surface area contributed by atoms with E-state index in [-0.39, 0.29) is 51.9 Å². The first-order chi connectivity index (χ1) is 18.4. The third-order valence-electron chi connectivity index (χ3n) is 11.5. The van der Waals surface area contributed by atoms with E-state index < -0.39 is 33.2 Å². The van der Waals surface area contributed by atoms with Gasteiger partial charge in [0, 0.05) is 29.7 Å². The monoisotopic (exact) mass is 559 g/mol. The van der Waals surface area contributed by atoms with Gasteiger partial charge in [0.1, 0.15) is 0 Å². The van der Waals surface area contributed by atoms with E-state index in [2.05, 4.69) is 29.0 Å². The maximum atomic E-state index is 13.5. The Morgan fingerprint density at radius 1 is 1.10 bits per heavy atom. The van der Waals surface area contributed by atoms with Crippen LogP contribution >= 0.6 is 0 Å². The first-order valence-corrected chi connectivity index (χ1v) is 15.8. The van der Waals surface area contributed by atoms with E-state index in [4.69, 9.17) is 4.74 Å². The van der Waals surface area contributed by atoms with Crippen LogP contribution in [-0.2, 0) is 19.6 Å². The standard InChI is InChI=1S/C29H41N3O6S/c1-16-10-11-23-27(2,3)25(31-35)21(32-39(36,37)17-8-6-5-7-9-17)14-29(23)28(16,4)13-19-22(33)12-18-20(24(19)38-29)15-30-26(18)34/h5-9,16,18-24,32-33,35H,10-15H2,1-4H3,(H,30,34). The first-order valence-electron chi connectivity index (χ1n) is 14.3. The highest BCUT2D eigenvalue weighted by Crippen LogP contribution is 2.68. The molecule has 2 saturated heterocycles. The molecule has 4 N–H and O–H groups in total. The number of aliphatic hydroxyl groups excluding tert-OH is 1. The summed E-state index contributed by atoms with van der Waals surface area (Å²) in [5.74, 6) is -0.173. The Morgan fingerprint density at radius 2 is 1.82 bits per heavy atom. The molecule has 1 aromatic carbocycles. The molecule has 214 valence electrons. The highest BCUT2D eigenvalue weighted by Gasteiger charge is 2.71. The Hall–Kier alpha value is -2.01. The molecule has 3 saturated carbocycles. The number of nitrogens with one attached hydrogen (secondary N) is 2. The van der Waals surface area contributed by atoms with E-state index in [9.17, 15) is 23.5 Å². The summed E-state index contributed by atoms with van der Waals surface area (Å²) in [6.07, 6.45) is 2.40. The highest BCUT2D eigenvalue weighted by atomic mass is 32.2. The molecule has 5 fully saturated rings. The molecule has 3 aliphatic carbocycles. The van der Waals surface area contributed by atoms with Crippen LogP contribution in [0.1, 0.15) is 59.8 Å². The van der Waals surface area contributed by atoms with Gasteiger partial charge in [-0.1, -0.05) is 51.0 Å². The predicted octanol–water partition coefficient (Wildman–Crippen LogP) is 2.92. The number of oxime groups is 1. The number of rotatable bonds is 3. The third-order valence-corrected chi connectivity index (χ3v) is 13.0. The normalized spacial score (nSPS) is 46.0. The number of sulfonamides is 1. The molecule has 0 radical (unpaired) electrons. The summed E-state index contributed by atoms with van der Waals surface area (Å²) in [5, 5.41) is 28.3. The molecular weight excluding hydrogens is 518 g/mol. The van der Waals surface area contributed by atoms with E-state index in [1.807, 2.05) is 13.8 Å². The number of hydrogen-bond donors (Lipinski definition) is 4. The Balaban J connectivity index is 1.46. The van der Waals surface area contributed by atoms with Crippen molar-refractivity contribution in [2.45, 2.75) is 88.5 Å². The fourth-order valence-corrected chi connectivity index (χ4v) is 10.6. The van der Waals surface area contributed by atoms with Crippen LogP contribution in [0.3, 0.4) is 0 Å². The molecule has 10 heteroatoms. The zero-order valence-electron chi connectivity index (χ0n) is 23.1. The van der Waals surface area contributed by atoms with Gasteiger partial charge in [0.25, 0.3) is 0 Å². The third kappa shape index (κ3) is 3.77. The number of nitrogens with zero attached hydrogens (tertiary/aromatic N) is 1. The van der Waals surface area contributed by atoms with Crippen LogP contribution in [0.2, 0.25) is 0 Å². The van der Waals surface area contributed by atoms with E-state index in [0.29, 0.717) is 25.1 Å². The van der Waals surface area contributed by atoms with Gasteiger partial charge in [0.05, 0.1) is 34.5 Å². The van der Waals surface area contributed by atoms with Crippen molar-refractivity contribution in [3.05, 3.63) is 30.3 Å². The second kappa shape index (κ2) is 8.99. The minimum Gasteiger partial charge on any atom is -0.411 e. The fourth-order valence-electron chi connectivity index (χ4n) is 9.36. The Kier molecular flexibility index (Phi) is 6.27. The molecule has 1 aromatic rings. The van der Waals surface area contributed by atoms with Crippen molar-refractivity contribution in [3.63, 3.8) is 0 Å². The molecule has 2 aliphatic heterocycles. The number of fused-ring (bicyclic) bond motifs is 3. The summed E-state index contributed by atoms with van der Waals surface area (Å²) in [4.78, 5) is 12.8. The van der Waals surface area contributed by atoms with Gasteiger partial charge in [0.15, 0.2) is 0 Å². The summed E-state index contributed by atoms with van der Waals surface area (Å²) in [6, 6.07) is 7.45. The van der Waals surface area contributed by atoms with Crippen molar-refractivity contribution in [3.8, 4) is 0 Å². The average Bonchev–Trinajstić information content (AvgIpc) is 3.24. The Morgan fingerprint density at radius 3 is 2.51 bits per heavy atom. The van der Waals surface area contributed by atoms with Crippen LogP contribution in [0.25, 0.3) is 0 Å². The number of ether oxygens (including phenoxy) is 1. The fraction of sp³-hybridized carbons (Fsp3) is 0.724. The van der Waals surface area contributed by atoms with Gasteiger partial charge in [-0.25, -0.2) is 13.1 Å². The molecule has 10 unspecified atom stereocenters. The van der Waals surface area contributed by atoms with Gasteiger partial charge in [-0.2, -0.15) is 0 Å². The number of aliphatic hydroxyl groups is 1. The van der Waals surface area contributed by atoms with Crippen molar-refractivity contribution >= 4 is 21.6 Å². The SMILES string of the molecule is CC1CCC2C(C)(C)C(=NO)C(NS(=O)(=O)c3ccccc3)CC23OC2C(CC13C)C(O)CC1C(=O)NCC12. The molecular formula is C29H41N3O6S. The van der Waals surface area contributed by atoms with E-state index >= 15 is 0 Å². The zero-order chi connectivity index (χ0) is 28.0. The predicted molar refractivity (Wildman–Crippen MR) is 144 cm³/mol. The molecule has 1 amide bonds. The van der Waals surface area contributed by atoms with Gasteiger partial charge >= 0.3 is 0 Å². The van der Waals surface area contributed by atoms with Crippen molar-refractivity contribution < 1.29 is 28.3 Å². The summed E-state index contributed by atoms with van der Waals surface area (Å²) in [5.41, 5.74) is -1.34. The topological polar surface area (TPSA) is 137 Å². The molecule has 1 spiro atoms. The van der Waals surface area contributed by atoms with Crippen LogP contribution in [0.15, 0.2) is 40.4 Å². The molecule has 2 heterocycles. The quantitative estimate of drug-likeness (QED) is 0.332. The first kappa shape index (κ1) is 27.2. The molecule has 9 nitrogen and oxygen atoms in total. The van der Waals surface area contributed by atoms with Crippen LogP contribution in [0, 0.1) is 40.4 Å². The second-order valence-corrected chi connectivity index (χ2v) is 15.2. The van der Waals surface area contributed by atoms with Crippen LogP contribution < -0.4 is 10.0 Å². The highest BCUT2D eigenvalue weighted by molar-refractivity contribution is 7.89. The largest absolute Gasteiger partial charge is 0.411 e. The summed E-state index contributed by atoms with van der Waals surface area (Å²) in [7, 11) is -3.91. The lowest BCUT2D eigenvalue weighted by Crippen LogP contribution is -2.75. The summed E-state index contributed by atoms with van der Waals surface area (Å²) in [6.45, 7) is 9.08. The summed E-state index contributed by atoms with van der Waals surface area (Å²) >= 11 is 0. The van der Waals surface area contributed by atoms with Gasteiger partial charge in [-0.15, -0.1) is 0 Å². The lowest BCUT2D eigenvalue weighted by atomic mass is 9.41. The van der Waals surface area contributed by atoms with Gasteiger partial charge < -0.3 is 20.4 Å². The van der Waals surface area contributed by atoms with E-state index in [1.165, 1.54) is 0 Å². The summed E-state index contributed by atoms with van der Waals surface area (Å²) < 4.78 is 37.3. The average molecular weight is 560 g/mol. The van der Waals surface area contributed by atoms with Crippen LogP contribution in [-0.4, -0.2) is 60.7 Å². The van der Waals surface area contributed by atoms with Gasteiger partial charge in [0.2, 0.25) is 15.9 Å². The van der Waals surface area contributed by atoms with Crippen molar-refractivity contribution in [2.75, 3.05) is 6.54 Å². The number of amides is 1. The minimum atomic E-state index is -3.91. The van der Waals surface area contributed by atoms with E-state index in [0.717, 1.165) is 19.3 Å². The lowest BCUT2D eigenvalue weighted by Gasteiger charge is -2.70. The maximum absolute atomic E-state index is 13.5. The van der Waals surface area contributed by atoms with Gasteiger partial charge in [-0.3, -0.25) is 4.79 Å². The Bertz CT molecular complexity index is 1280. The molecule has 0 aromatic heterocycles. The number of carbonyl (C=O) groups is 1. The van der Waals surface area contributed by atoms with Gasteiger partial charge in [-0.05, 0) is 61.5 Å². The molecule has 6 rings (SSSR count). The van der Waals surface area contributed by atoms with E-state index in [1.54, 1.807) is 30.3 Å². The van der Waals surface area contributed by atoms with Crippen molar-refractivity contribution in [2.24, 2.45) is 45.6 Å². The molecule has 0 bridgehead atoms. The minimum absolute atomic E-state index is 0.0207. The molecule has 5 aliphatic rings. The molecule has 39 heavy (non-hydrogen) atoms. The van der Waals surface area contributed by atoms with Crippen LogP contribution in [0.4, 0.5) is 0 Å². The van der Waals surface area contributed by atoms with Crippen LogP contribution in [0.5, 0.6) is 0 Å². The zero-order valence-corrected chi connectivity index (χ0v) is 23.9. The van der Waals surface area contributed by atoms with Crippen molar-refractivity contribution in [1.29, 1.82) is 0 Å².